The summed E-state index contributed by atoms with van der Waals surface area (Å²) in [6, 6.07) is 1.89. The number of nitrogens with two attached hydrogens (primary N) is 1. The number of aromatic nitrogens is 4. The molecule has 0 bridgehead atoms. The first-order valence-corrected chi connectivity index (χ1v) is 11.6. The lowest BCUT2D eigenvalue weighted by Crippen LogP contribution is -2.38. The van der Waals surface area contributed by atoms with Crippen LogP contribution in [0, 0.1) is 0 Å². The second kappa shape index (κ2) is 6.24. The Morgan fingerprint density at radius 1 is 1.44 bits per heavy atom. The van der Waals surface area contributed by atoms with Crippen molar-refractivity contribution in [3.8, 4) is 11.4 Å². The fraction of sp³-hybridized carbons (Fsp3) is 0.357. The maximum Gasteiger partial charge on any atom is 0.386 e. The highest BCUT2D eigenvalue weighted by molar-refractivity contribution is 8.44. The molecule has 142 valence electrons. The summed E-state index contributed by atoms with van der Waals surface area (Å²) in [6.07, 6.45) is -2.15. The zero-order chi connectivity index (χ0) is 18.8. The second-order valence-corrected chi connectivity index (χ2v) is 9.79. The number of hydrogen-bond donors (Lipinski definition) is 3. The average Bonchev–Trinajstić information content (AvgIpc) is 3.33. The number of hydrogen-bond acceptors (Lipinski definition) is 10. The molecule has 13 heteroatoms. The molecule has 3 aromatic heterocycles. The van der Waals surface area contributed by atoms with E-state index in [0.717, 1.165) is 5.56 Å². The van der Waals surface area contributed by atoms with Crippen LogP contribution in [0.25, 0.3) is 22.6 Å². The molecule has 2 aliphatic heterocycles. The molecule has 5 rings (SSSR count). The summed E-state index contributed by atoms with van der Waals surface area (Å²) in [4.78, 5) is 12.8. The molecule has 10 nitrogen and oxygen atoms in total. The highest BCUT2D eigenvalue weighted by atomic mass is 32.7. The van der Waals surface area contributed by atoms with Gasteiger partial charge in [-0.2, -0.15) is 11.3 Å². The quantitative estimate of drug-likeness (QED) is 0.414. The molecule has 3 aromatic rings. The van der Waals surface area contributed by atoms with Crippen LogP contribution in [0.2, 0.25) is 0 Å². The third-order valence-corrected chi connectivity index (χ3v) is 6.80. The van der Waals surface area contributed by atoms with Gasteiger partial charge < -0.3 is 15.6 Å². The van der Waals surface area contributed by atoms with E-state index < -0.39 is 31.3 Å². The Morgan fingerprint density at radius 3 is 3.07 bits per heavy atom. The van der Waals surface area contributed by atoms with Crippen LogP contribution in [0.5, 0.6) is 0 Å². The molecule has 5 heterocycles. The van der Waals surface area contributed by atoms with Crippen LogP contribution in [-0.4, -0.2) is 49.5 Å². The van der Waals surface area contributed by atoms with Crippen molar-refractivity contribution >= 4 is 47.4 Å². The summed E-state index contributed by atoms with van der Waals surface area (Å²) in [7, 11) is 0. The van der Waals surface area contributed by atoms with Crippen molar-refractivity contribution in [2.24, 2.45) is 0 Å². The Bertz CT molecular complexity index is 1060. The van der Waals surface area contributed by atoms with Crippen molar-refractivity contribution < 1.29 is 23.5 Å². The third kappa shape index (κ3) is 2.80. The Labute approximate surface area is 162 Å². The summed E-state index contributed by atoms with van der Waals surface area (Å²) in [5.74, 6) is 0.746. The summed E-state index contributed by atoms with van der Waals surface area (Å²) in [6.45, 7) is -3.53. The van der Waals surface area contributed by atoms with E-state index in [0.29, 0.717) is 17.0 Å². The zero-order valence-electron chi connectivity index (χ0n) is 13.6. The fourth-order valence-corrected chi connectivity index (χ4v) is 5.44. The van der Waals surface area contributed by atoms with Gasteiger partial charge in [0.25, 0.3) is 0 Å². The minimum atomic E-state index is -3.53. The number of nitrogen functional groups attached to an aromatic ring is 1. The Hall–Kier alpha value is -1.53. The van der Waals surface area contributed by atoms with E-state index in [-0.39, 0.29) is 12.4 Å². The van der Waals surface area contributed by atoms with Crippen LogP contribution >= 0.6 is 30.4 Å². The SMILES string of the molecule is Nc1ncnc2c1nc(-c1ccsc1)n2C1OC2CO[P@@](=O)(S)O[C@H]2[C@@H]1O. The lowest BCUT2D eigenvalue weighted by atomic mass is 10.1. The number of thiol groups is 1. The maximum absolute atomic E-state index is 12.0. The first-order valence-electron chi connectivity index (χ1n) is 7.95. The van der Waals surface area contributed by atoms with Gasteiger partial charge in [0.1, 0.15) is 30.5 Å². The Balaban J connectivity index is 1.66. The van der Waals surface area contributed by atoms with Gasteiger partial charge in [-0.05, 0) is 11.4 Å². The number of imidazole rings is 1. The Kier molecular flexibility index (Phi) is 4.06. The molecule has 0 radical (unpaired) electrons. The predicted octanol–water partition coefficient (Wildman–Crippen LogP) is 1.85. The number of aliphatic hydroxyl groups excluding tert-OH is 1. The minimum absolute atomic E-state index is 0.00343. The van der Waals surface area contributed by atoms with Crippen LogP contribution < -0.4 is 5.73 Å². The van der Waals surface area contributed by atoms with Crippen molar-refractivity contribution in [3.63, 3.8) is 0 Å². The van der Waals surface area contributed by atoms with Gasteiger partial charge in [0.2, 0.25) is 0 Å². The van der Waals surface area contributed by atoms with Crippen LogP contribution in [0.3, 0.4) is 0 Å². The molecule has 0 aromatic carbocycles. The fourth-order valence-electron chi connectivity index (χ4n) is 3.31. The van der Waals surface area contributed by atoms with Crippen LogP contribution in [0.4, 0.5) is 5.82 Å². The standard InChI is InChI=1S/C14H14N5O5PS2/c15-11-8-13(17-5-16-11)19(12(18-8)6-1-2-27-4-6)14-9(20)10-7(23-14)3-22-25(21,26)24-10/h1-2,4-5,7,9-10,14,20H,3H2,(H,21,26)(H2,15,16,17)/t7?,9-,10+,14?,25+/m0/s1. The number of nitrogens with zero attached hydrogens (tertiary/aromatic N) is 4. The van der Waals surface area contributed by atoms with E-state index >= 15 is 0 Å². The van der Waals surface area contributed by atoms with Crippen molar-refractivity contribution in [2.45, 2.75) is 24.5 Å². The molecular weight excluding hydrogens is 413 g/mol. The lowest BCUT2D eigenvalue weighted by Gasteiger charge is -2.28. The van der Waals surface area contributed by atoms with Crippen LogP contribution in [0.15, 0.2) is 23.2 Å². The van der Waals surface area contributed by atoms with Gasteiger partial charge in [-0.15, -0.1) is 0 Å². The molecule has 3 N–H and O–H groups in total. The summed E-state index contributed by atoms with van der Waals surface area (Å²) < 4.78 is 30.1. The number of aliphatic hydroxyl groups is 1. The van der Waals surface area contributed by atoms with E-state index in [1.165, 1.54) is 17.7 Å². The third-order valence-electron chi connectivity index (χ3n) is 4.51. The molecule has 0 saturated carbocycles. The van der Waals surface area contributed by atoms with Gasteiger partial charge in [0.05, 0.1) is 6.61 Å². The molecule has 0 amide bonds. The lowest BCUT2D eigenvalue weighted by molar-refractivity contribution is -0.0555. The van der Waals surface area contributed by atoms with E-state index in [1.54, 1.807) is 4.57 Å². The summed E-state index contributed by atoms with van der Waals surface area (Å²) >= 11 is 5.38. The molecule has 2 aliphatic rings. The summed E-state index contributed by atoms with van der Waals surface area (Å²) in [5, 5.41) is 14.7. The molecule has 0 aliphatic carbocycles. The van der Waals surface area contributed by atoms with E-state index in [9.17, 15) is 9.67 Å². The van der Waals surface area contributed by atoms with E-state index in [2.05, 4.69) is 27.2 Å². The molecule has 2 unspecified atom stereocenters. The van der Waals surface area contributed by atoms with Gasteiger partial charge in [-0.1, -0.05) is 12.2 Å². The van der Waals surface area contributed by atoms with Crippen molar-refractivity contribution in [2.75, 3.05) is 12.3 Å². The van der Waals surface area contributed by atoms with Crippen molar-refractivity contribution in [1.82, 2.24) is 19.5 Å². The minimum Gasteiger partial charge on any atom is -0.386 e. The zero-order valence-corrected chi connectivity index (χ0v) is 16.2. The predicted molar refractivity (Wildman–Crippen MR) is 100 cm³/mol. The smallest absolute Gasteiger partial charge is 0.386 e. The number of thiophene rings is 1. The molecule has 2 fully saturated rings. The second-order valence-electron chi connectivity index (χ2n) is 6.14. The highest BCUT2D eigenvalue weighted by Gasteiger charge is 2.52. The number of fused-ring (bicyclic) bond motifs is 2. The van der Waals surface area contributed by atoms with Crippen molar-refractivity contribution in [3.05, 3.63) is 23.2 Å². The van der Waals surface area contributed by atoms with Gasteiger partial charge in [0.15, 0.2) is 23.2 Å². The number of ether oxygens (including phenoxy) is 1. The molecular formula is C14H14N5O5PS2. The average molecular weight is 427 g/mol. The van der Waals surface area contributed by atoms with Crippen LogP contribution in [-0.2, 0) is 18.3 Å². The molecule has 27 heavy (non-hydrogen) atoms. The largest absolute Gasteiger partial charge is 0.386 e. The molecule has 2 saturated heterocycles. The Morgan fingerprint density at radius 2 is 2.30 bits per heavy atom. The topological polar surface area (TPSA) is 135 Å². The molecule has 0 spiro atoms. The van der Waals surface area contributed by atoms with Gasteiger partial charge in [0, 0.05) is 10.9 Å². The monoisotopic (exact) mass is 427 g/mol. The normalized spacial score (nSPS) is 33.4. The van der Waals surface area contributed by atoms with Crippen LogP contribution in [0.1, 0.15) is 6.23 Å². The summed E-state index contributed by atoms with van der Waals surface area (Å²) in [5.41, 5.74) is 7.60. The first-order chi connectivity index (χ1) is 12.9. The number of rotatable bonds is 2. The van der Waals surface area contributed by atoms with Gasteiger partial charge in [-0.25, -0.2) is 19.5 Å². The van der Waals surface area contributed by atoms with Gasteiger partial charge >= 0.3 is 6.80 Å². The van der Waals surface area contributed by atoms with Crippen molar-refractivity contribution in [1.29, 1.82) is 0 Å². The van der Waals surface area contributed by atoms with Gasteiger partial charge in [-0.3, -0.25) is 13.6 Å². The van der Waals surface area contributed by atoms with E-state index in [1.807, 2.05) is 16.8 Å². The maximum atomic E-state index is 12.0. The molecule has 5 atom stereocenters. The highest BCUT2D eigenvalue weighted by Crippen LogP contribution is 2.59. The first kappa shape index (κ1) is 17.6. The van der Waals surface area contributed by atoms with E-state index in [4.69, 9.17) is 19.5 Å². The number of anilines is 1.